The number of amides is 1. The quantitative estimate of drug-likeness (QED) is 0.524. The number of carbonyl (C=O) groups is 1. The van der Waals surface area contributed by atoms with E-state index in [9.17, 15) is 4.79 Å². The second-order valence-electron chi connectivity index (χ2n) is 8.43. The molecule has 0 bridgehead atoms. The Hall–Kier alpha value is -2.87. The Morgan fingerprint density at radius 2 is 1.69 bits per heavy atom. The van der Waals surface area contributed by atoms with Gasteiger partial charge in [-0.1, -0.05) is 24.6 Å². The van der Waals surface area contributed by atoms with Gasteiger partial charge in [-0.15, -0.1) is 10.2 Å². The predicted octanol–water partition coefficient (Wildman–Crippen LogP) is 4.79. The zero-order valence-corrected chi connectivity index (χ0v) is 18.9. The Labute approximate surface area is 192 Å². The molecule has 0 radical (unpaired) electrons. The van der Waals surface area contributed by atoms with E-state index in [1.165, 1.54) is 43.1 Å². The van der Waals surface area contributed by atoms with Crippen molar-refractivity contribution in [2.75, 3.05) is 29.1 Å². The zero-order chi connectivity index (χ0) is 21.8. The van der Waals surface area contributed by atoms with E-state index in [0.717, 1.165) is 48.2 Å². The summed E-state index contributed by atoms with van der Waals surface area (Å²) in [6.45, 7) is 2.23. The molecule has 0 atom stereocenters. The topological polar surface area (TPSA) is 75.9 Å². The molecule has 1 aliphatic heterocycles. The van der Waals surface area contributed by atoms with Crippen molar-refractivity contribution in [2.45, 2.75) is 49.7 Å². The molecule has 8 heteroatoms. The average Bonchev–Trinajstić information content (AvgIpc) is 3.63. The van der Waals surface area contributed by atoms with E-state index in [4.69, 9.17) is 0 Å². The van der Waals surface area contributed by atoms with Gasteiger partial charge in [-0.3, -0.25) is 14.3 Å². The van der Waals surface area contributed by atoms with Gasteiger partial charge in [0, 0.05) is 48.5 Å². The zero-order valence-electron chi connectivity index (χ0n) is 18.1. The molecule has 3 heterocycles. The summed E-state index contributed by atoms with van der Waals surface area (Å²) < 4.78 is 2.17. The maximum Gasteiger partial charge on any atom is 0.234 e. The fraction of sp³-hybridized carbons (Fsp3) is 0.417. The highest BCUT2D eigenvalue weighted by Crippen LogP contribution is 2.41. The van der Waals surface area contributed by atoms with Gasteiger partial charge in [0.25, 0.3) is 0 Å². The SMILES string of the molecule is O=C(CSc1nnc(-c2ccncc2)n1C1CC1)Nc1ccc(N2CCCCCC2)cc1. The van der Waals surface area contributed by atoms with Crippen LogP contribution >= 0.6 is 11.8 Å². The molecule has 5 rings (SSSR count). The van der Waals surface area contributed by atoms with Gasteiger partial charge in [0.2, 0.25) is 5.91 Å². The minimum Gasteiger partial charge on any atom is -0.372 e. The summed E-state index contributed by atoms with van der Waals surface area (Å²) in [5.74, 6) is 1.12. The number of carbonyl (C=O) groups excluding carboxylic acids is 1. The Balaban J connectivity index is 1.20. The van der Waals surface area contributed by atoms with E-state index in [1.54, 1.807) is 12.4 Å². The van der Waals surface area contributed by atoms with Crippen molar-refractivity contribution in [2.24, 2.45) is 0 Å². The third-order valence-corrected chi connectivity index (χ3v) is 6.91. The Bertz CT molecular complexity index is 1040. The molecule has 32 heavy (non-hydrogen) atoms. The molecular weight excluding hydrogens is 420 g/mol. The lowest BCUT2D eigenvalue weighted by Crippen LogP contribution is -2.23. The van der Waals surface area contributed by atoms with Gasteiger partial charge in [0.15, 0.2) is 11.0 Å². The van der Waals surface area contributed by atoms with E-state index in [-0.39, 0.29) is 5.91 Å². The molecule has 7 nitrogen and oxygen atoms in total. The van der Waals surface area contributed by atoms with Crippen molar-refractivity contribution in [3.05, 3.63) is 48.8 Å². The third kappa shape index (κ3) is 4.96. The number of thioether (sulfide) groups is 1. The number of hydrogen-bond donors (Lipinski definition) is 1. The van der Waals surface area contributed by atoms with Crippen molar-refractivity contribution in [1.29, 1.82) is 0 Å². The number of rotatable bonds is 7. The molecule has 0 spiro atoms. The lowest BCUT2D eigenvalue weighted by Gasteiger charge is -2.22. The Morgan fingerprint density at radius 1 is 0.969 bits per heavy atom. The van der Waals surface area contributed by atoms with E-state index in [0.29, 0.717) is 11.8 Å². The molecule has 1 aromatic carbocycles. The van der Waals surface area contributed by atoms with Gasteiger partial charge in [-0.2, -0.15) is 0 Å². The van der Waals surface area contributed by atoms with Crippen molar-refractivity contribution < 1.29 is 4.79 Å². The molecular formula is C24H28N6OS. The standard InChI is InChI=1S/C24H28N6OS/c31-22(26-19-5-7-20(8-6-19)29-15-3-1-2-4-16-29)17-32-24-28-27-23(30(24)21-9-10-21)18-11-13-25-14-12-18/h5-8,11-14,21H,1-4,9-10,15-17H2,(H,26,31). The van der Waals surface area contributed by atoms with Crippen LogP contribution in [0.3, 0.4) is 0 Å². The number of anilines is 2. The summed E-state index contributed by atoms with van der Waals surface area (Å²) in [7, 11) is 0. The molecule has 166 valence electrons. The average molecular weight is 449 g/mol. The largest absolute Gasteiger partial charge is 0.372 e. The number of aromatic nitrogens is 4. The number of nitrogens with zero attached hydrogens (tertiary/aromatic N) is 5. The Morgan fingerprint density at radius 3 is 2.38 bits per heavy atom. The molecule has 1 aliphatic carbocycles. The highest BCUT2D eigenvalue weighted by Gasteiger charge is 2.30. The van der Waals surface area contributed by atoms with Gasteiger partial charge in [-0.05, 0) is 62.1 Å². The van der Waals surface area contributed by atoms with Gasteiger partial charge < -0.3 is 10.2 Å². The number of benzene rings is 1. The van der Waals surface area contributed by atoms with Crippen LogP contribution < -0.4 is 10.2 Å². The molecule has 1 amide bonds. The van der Waals surface area contributed by atoms with E-state index in [1.807, 2.05) is 24.3 Å². The predicted molar refractivity (Wildman–Crippen MR) is 128 cm³/mol. The summed E-state index contributed by atoms with van der Waals surface area (Å²) in [6, 6.07) is 12.5. The van der Waals surface area contributed by atoms with Crippen LogP contribution in [0.5, 0.6) is 0 Å². The summed E-state index contributed by atoms with van der Waals surface area (Å²) in [6.07, 6.45) is 10.9. The van der Waals surface area contributed by atoms with E-state index < -0.39 is 0 Å². The lowest BCUT2D eigenvalue weighted by atomic mass is 10.2. The second kappa shape index (κ2) is 9.73. The Kier molecular flexibility index (Phi) is 6.39. The number of pyridine rings is 1. The minimum atomic E-state index is -0.0340. The number of nitrogens with one attached hydrogen (secondary N) is 1. The molecule has 1 N–H and O–H groups in total. The maximum atomic E-state index is 12.6. The third-order valence-electron chi connectivity index (χ3n) is 5.97. The van der Waals surface area contributed by atoms with Crippen LogP contribution in [0, 0.1) is 0 Å². The number of hydrogen-bond acceptors (Lipinski definition) is 6. The highest BCUT2D eigenvalue weighted by molar-refractivity contribution is 7.99. The van der Waals surface area contributed by atoms with Gasteiger partial charge in [0.1, 0.15) is 0 Å². The van der Waals surface area contributed by atoms with Crippen molar-refractivity contribution >= 4 is 29.0 Å². The van der Waals surface area contributed by atoms with Crippen LogP contribution in [-0.2, 0) is 4.79 Å². The molecule has 2 aromatic heterocycles. The van der Waals surface area contributed by atoms with Crippen molar-refractivity contribution in [1.82, 2.24) is 19.7 Å². The van der Waals surface area contributed by atoms with Crippen LogP contribution in [0.15, 0.2) is 53.9 Å². The smallest absolute Gasteiger partial charge is 0.234 e. The molecule has 1 saturated carbocycles. The summed E-state index contributed by atoms with van der Waals surface area (Å²) in [5, 5.41) is 12.6. The van der Waals surface area contributed by atoms with Gasteiger partial charge in [0.05, 0.1) is 5.75 Å². The van der Waals surface area contributed by atoms with Crippen LogP contribution in [0.2, 0.25) is 0 Å². The van der Waals surface area contributed by atoms with Gasteiger partial charge >= 0.3 is 0 Å². The lowest BCUT2D eigenvalue weighted by molar-refractivity contribution is -0.113. The van der Waals surface area contributed by atoms with Crippen molar-refractivity contribution in [3.63, 3.8) is 0 Å². The van der Waals surface area contributed by atoms with Crippen molar-refractivity contribution in [3.8, 4) is 11.4 Å². The first-order valence-electron chi connectivity index (χ1n) is 11.4. The van der Waals surface area contributed by atoms with Crippen LogP contribution in [0.25, 0.3) is 11.4 Å². The van der Waals surface area contributed by atoms with E-state index >= 15 is 0 Å². The fourth-order valence-corrected chi connectivity index (χ4v) is 4.95. The van der Waals surface area contributed by atoms with Crippen LogP contribution in [0.4, 0.5) is 11.4 Å². The molecule has 0 unspecified atom stereocenters. The molecule has 1 saturated heterocycles. The molecule has 2 fully saturated rings. The molecule has 2 aliphatic rings. The highest BCUT2D eigenvalue weighted by atomic mass is 32.2. The minimum absolute atomic E-state index is 0.0340. The normalized spacial score (nSPS) is 16.6. The second-order valence-corrected chi connectivity index (χ2v) is 9.37. The maximum absolute atomic E-state index is 12.6. The summed E-state index contributed by atoms with van der Waals surface area (Å²) in [5.41, 5.74) is 3.07. The first kappa shape index (κ1) is 21.0. The summed E-state index contributed by atoms with van der Waals surface area (Å²) >= 11 is 1.44. The monoisotopic (exact) mass is 448 g/mol. The first-order valence-corrected chi connectivity index (χ1v) is 12.4. The summed E-state index contributed by atoms with van der Waals surface area (Å²) in [4.78, 5) is 19.1. The fourth-order valence-electron chi connectivity index (χ4n) is 4.15. The van der Waals surface area contributed by atoms with Crippen LogP contribution in [0.1, 0.15) is 44.6 Å². The molecule has 3 aromatic rings. The van der Waals surface area contributed by atoms with E-state index in [2.05, 4.69) is 42.1 Å². The van der Waals surface area contributed by atoms with Crippen LogP contribution in [-0.4, -0.2) is 44.5 Å². The first-order chi connectivity index (χ1) is 15.8. The van der Waals surface area contributed by atoms with Gasteiger partial charge in [-0.25, -0.2) is 0 Å².